The molecule has 5 nitrogen and oxygen atoms in total. The van der Waals surface area contributed by atoms with E-state index < -0.39 is 6.10 Å². The number of benzene rings is 3. The zero-order chi connectivity index (χ0) is 22.5. The number of hydrogen-bond acceptors (Lipinski definition) is 5. The van der Waals surface area contributed by atoms with Crippen LogP contribution in [0.1, 0.15) is 28.4 Å². The van der Waals surface area contributed by atoms with E-state index in [-0.39, 0.29) is 0 Å². The third-order valence-electron chi connectivity index (χ3n) is 5.76. The molecule has 3 aromatic rings. The topological polar surface area (TPSA) is 51.2 Å². The highest BCUT2D eigenvalue weighted by molar-refractivity contribution is 6.33. The summed E-state index contributed by atoms with van der Waals surface area (Å²) in [7, 11) is 3.19. The summed E-state index contributed by atoms with van der Waals surface area (Å²) in [6.45, 7) is 2.70. The first-order chi connectivity index (χ1) is 15.6. The van der Waals surface area contributed by atoms with Gasteiger partial charge in [-0.25, -0.2) is 0 Å². The first-order valence-electron chi connectivity index (χ1n) is 10.7. The van der Waals surface area contributed by atoms with Gasteiger partial charge in [0.15, 0.2) is 11.5 Å². The fourth-order valence-electron chi connectivity index (χ4n) is 4.06. The summed E-state index contributed by atoms with van der Waals surface area (Å²) in [6.07, 6.45) is 0.00512. The summed E-state index contributed by atoms with van der Waals surface area (Å²) in [5, 5.41) is 11.4. The molecule has 1 atom stereocenters. The van der Waals surface area contributed by atoms with Crippen LogP contribution in [0.3, 0.4) is 0 Å². The minimum absolute atomic E-state index is 0.546. The van der Waals surface area contributed by atoms with E-state index in [1.807, 2.05) is 54.6 Å². The van der Waals surface area contributed by atoms with Crippen LogP contribution in [0.25, 0.3) is 0 Å². The summed E-state index contributed by atoms with van der Waals surface area (Å²) >= 11 is 6.60. The van der Waals surface area contributed by atoms with Gasteiger partial charge in [-0.1, -0.05) is 54.1 Å². The first-order valence-corrected chi connectivity index (χ1v) is 11.1. The van der Waals surface area contributed by atoms with Gasteiger partial charge in [0.05, 0.1) is 25.3 Å². The van der Waals surface area contributed by atoms with Gasteiger partial charge in [-0.05, 0) is 34.9 Å². The van der Waals surface area contributed by atoms with Crippen LogP contribution in [0.2, 0.25) is 5.02 Å². The van der Waals surface area contributed by atoms with Crippen molar-refractivity contribution in [2.75, 3.05) is 27.4 Å². The average molecular weight is 454 g/mol. The lowest BCUT2D eigenvalue weighted by Gasteiger charge is -2.22. The predicted octanol–water partition coefficient (Wildman–Crippen LogP) is 5.03. The molecule has 1 heterocycles. The molecule has 4 rings (SSSR count). The standard InChI is InChI=1S/C26H28ClNO4/c1-30-24-11-9-20(25(27)26(24)31-2)16-28-12-13-32-23-10-8-19(15-21(23)17-28)22(29)14-18-6-4-3-5-7-18/h3-11,15,22,29H,12-14,16-17H2,1-2H3. The predicted molar refractivity (Wildman–Crippen MR) is 126 cm³/mol. The number of rotatable bonds is 7. The maximum Gasteiger partial charge on any atom is 0.179 e. The summed E-state index contributed by atoms with van der Waals surface area (Å²) < 4.78 is 16.8. The van der Waals surface area contributed by atoms with Crippen molar-refractivity contribution in [1.82, 2.24) is 4.90 Å². The lowest BCUT2D eigenvalue weighted by molar-refractivity contribution is 0.178. The maximum atomic E-state index is 10.8. The van der Waals surface area contributed by atoms with Crippen LogP contribution in [-0.4, -0.2) is 37.4 Å². The molecule has 0 aromatic heterocycles. The van der Waals surface area contributed by atoms with E-state index in [0.29, 0.717) is 42.6 Å². The van der Waals surface area contributed by atoms with Gasteiger partial charge in [0.25, 0.3) is 0 Å². The molecule has 1 aliphatic heterocycles. The summed E-state index contributed by atoms with van der Waals surface area (Å²) in [4.78, 5) is 2.28. The van der Waals surface area contributed by atoms with Gasteiger partial charge >= 0.3 is 0 Å². The van der Waals surface area contributed by atoms with Gasteiger partial charge in [-0.3, -0.25) is 4.90 Å². The van der Waals surface area contributed by atoms with E-state index in [0.717, 1.165) is 34.5 Å². The highest BCUT2D eigenvalue weighted by Gasteiger charge is 2.20. The lowest BCUT2D eigenvalue weighted by atomic mass is 9.99. The molecule has 0 fully saturated rings. The van der Waals surface area contributed by atoms with Gasteiger partial charge in [0.1, 0.15) is 12.4 Å². The fraction of sp³-hybridized carbons (Fsp3) is 0.308. The van der Waals surface area contributed by atoms with E-state index in [1.165, 1.54) is 0 Å². The second-order valence-corrected chi connectivity index (χ2v) is 8.28. The molecular weight excluding hydrogens is 426 g/mol. The Morgan fingerprint density at radius 1 is 1.06 bits per heavy atom. The van der Waals surface area contributed by atoms with Gasteiger partial charge in [-0.2, -0.15) is 0 Å². The zero-order valence-corrected chi connectivity index (χ0v) is 19.1. The van der Waals surface area contributed by atoms with E-state index in [4.69, 9.17) is 25.8 Å². The minimum Gasteiger partial charge on any atom is -0.493 e. The van der Waals surface area contributed by atoms with Crippen LogP contribution in [-0.2, 0) is 19.5 Å². The van der Waals surface area contributed by atoms with Gasteiger partial charge in [0.2, 0.25) is 0 Å². The molecule has 1 N–H and O–H groups in total. The summed E-state index contributed by atoms with van der Waals surface area (Å²) in [6, 6.07) is 19.8. The minimum atomic E-state index is -0.570. The van der Waals surface area contributed by atoms with Crippen LogP contribution in [0.5, 0.6) is 17.2 Å². The van der Waals surface area contributed by atoms with Crippen molar-refractivity contribution in [3.8, 4) is 17.2 Å². The largest absolute Gasteiger partial charge is 0.493 e. The molecule has 0 amide bonds. The maximum absolute atomic E-state index is 10.8. The number of aliphatic hydroxyl groups excluding tert-OH is 1. The molecule has 3 aromatic carbocycles. The van der Waals surface area contributed by atoms with Crippen LogP contribution in [0, 0.1) is 0 Å². The highest BCUT2D eigenvalue weighted by atomic mass is 35.5. The Hall–Kier alpha value is -2.73. The molecule has 0 aliphatic carbocycles. The summed E-state index contributed by atoms with van der Waals surface area (Å²) in [5.74, 6) is 2.02. The van der Waals surface area contributed by atoms with Crippen LogP contribution in [0.15, 0.2) is 60.7 Å². The van der Waals surface area contributed by atoms with E-state index in [2.05, 4.69) is 11.0 Å². The zero-order valence-electron chi connectivity index (χ0n) is 18.4. The van der Waals surface area contributed by atoms with Gasteiger partial charge < -0.3 is 19.3 Å². The molecule has 1 aliphatic rings. The van der Waals surface area contributed by atoms with Crippen LogP contribution >= 0.6 is 11.6 Å². The first kappa shape index (κ1) is 22.5. The molecule has 0 bridgehead atoms. The second-order valence-electron chi connectivity index (χ2n) is 7.91. The average Bonchev–Trinajstić information content (AvgIpc) is 3.02. The Morgan fingerprint density at radius 2 is 1.88 bits per heavy atom. The molecule has 168 valence electrons. The van der Waals surface area contributed by atoms with Gasteiger partial charge in [0, 0.05) is 31.6 Å². The number of methoxy groups -OCH3 is 2. The van der Waals surface area contributed by atoms with Crippen molar-refractivity contribution >= 4 is 11.6 Å². The summed E-state index contributed by atoms with van der Waals surface area (Å²) in [5.41, 5.74) is 4.02. The monoisotopic (exact) mass is 453 g/mol. The lowest BCUT2D eigenvalue weighted by Crippen LogP contribution is -2.25. The molecule has 1 unspecified atom stereocenters. The quantitative estimate of drug-likeness (QED) is 0.544. The fourth-order valence-corrected chi connectivity index (χ4v) is 4.35. The molecule has 32 heavy (non-hydrogen) atoms. The smallest absolute Gasteiger partial charge is 0.179 e. The van der Waals surface area contributed by atoms with Crippen LogP contribution in [0.4, 0.5) is 0 Å². The Morgan fingerprint density at radius 3 is 2.62 bits per heavy atom. The van der Waals surface area contributed by atoms with Crippen LogP contribution < -0.4 is 14.2 Å². The van der Waals surface area contributed by atoms with Crippen molar-refractivity contribution in [3.05, 3.63) is 87.9 Å². The Bertz CT molecular complexity index is 1060. The Balaban J connectivity index is 1.52. The molecule has 0 radical (unpaired) electrons. The van der Waals surface area contributed by atoms with Crippen molar-refractivity contribution in [3.63, 3.8) is 0 Å². The molecule has 0 spiro atoms. The van der Waals surface area contributed by atoms with E-state index >= 15 is 0 Å². The SMILES string of the molecule is COc1ccc(CN2CCOc3ccc(C(O)Cc4ccccc4)cc3C2)c(Cl)c1OC. The van der Waals surface area contributed by atoms with Crippen molar-refractivity contribution in [2.45, 2.75) is 25.6 Å². The number of hydrogen-bond donors (Lipinski definition) is 1. The number of fused-ring (bicyclic) bond motifs is 1. The van der Waals surface area contributed by atoms with Gasteiger partial charge in [-0.15, -0.1) is 0 Å². The van der Waals surface area contributed by atoms with E-state index in [9.17, 15) is 5.11 Å². The number of halogens is 1. The Labute approximate surface area is 194 Å². The Kier molecular flexibility index (Phi) is 7.20. The third kappa shape index (κ3) is 5.01. The number of aliphatic hydroxyl groups is 1. The number of nitrogens with zero attached hydrogens (tertiary/aromatic N) is 1. The van der Waals surface area contributed by atoms with Crippen molar-refractivity contribution in [2.24, 2.45) is 0 Å². The van der Waals surface area contributed by atoms with Crippen molar-refractivity contribution < 1.29 is 19.3 Å². The van der Waals surface area contributed by atoms with E-state index in [1.54, 1.807) is 14.2 Å². The second kappa shape index (κ2) is 10.3. The van der Waals surface area contributed by atoms with Crippen molar-refractivity contribution in [1.29, 1.82) is 0 Å². The molecule has 6 heteroatoms. The normalized spacial score (nSPS) is 14.8. The highest BCUT2D eigenvalue weighted by Crippen LogP contribution is 2.38. The number of ether oxygens (including phenoxy) is 3. The molecule has 0 saturated carbocycles. The molecule has 0 saturated heterocycles. The molecular formula is C26H28ClNO4. The third-order valence-corrected chi connectivity index (χ3v) is 6.17.